The van der Waals surface area contributed by atoms with Gasteiger partial charge in [-0.1, -0.05) is 0 Å². The van der Waals surface area contributed by atoms with E-state index in [0.29, 0.717) is 6.42 Å². The maximum Gasteiger partial charge on any atom is 0.238 e. The van der Waals surface area contributed by atoms with Crippen LogP contribution >= 0.6 is 0 Å². The van der Waals surface area contributed by atoms with Crippen LogP contribution in [0.25, 0.3) is 0 Å². The number of sulfone groups is 1. The van der Waals surface area contributed by atoms with E-state index in [9.17, 15) is 18.0 Å². The number of hydrazine groups is 1. The Balaban J connectivity index is 2.31. The van der Waals surface area contributed by atoms with Crippen molar-refractivity contribution in [3.05, 3.63) is 0 Å². The number of amides is 2. The summed E-state index contributed by atoms with van der Waals surface area (Å²) in [5, 5.41) is 0. The Hall–Kier alpha value is -1.11. The van der Waals surface area contributed by atoms with Crippen molar-refractivity contribution in [3.63, 3.8) is 0 Å². The summed E-state index contributed by atoms with van der Waals surface area (Å²) >= 11 is 0. The van der Waals surface area contributed by atoms with E-state index >= 15 is 0 Å². The first kappa shape index (κ1) is 12.0. The van der Waals surface area contributed by atoms with Crippen molar-refractivity contribution in [2.75, 3.05) is 11.5 Å². The number of nitrogens with one attached hydrogen (secondary N) is 2. The van der Waals surface area contributed by atoms with Crippen LogP contribution in [0.5, 0.6) is 0 Å². The number of hydrogen-bond acceptors (Lipinski definition) is 4. The number of carbonyl (C=O) groups is 2. The third-order valence-corrected chi connectivity index (χ3v) is 4.02. The molecule has 0 saturated carbocycles. The molecule has 0 aromatic rings. The smallest absolute Gasteiger partial charge is 0.238 e. The molecule has 6 nitrogen and oxygen atoms in total. The predicted octanol–water partition coefficient (Wildman–Crippen LogP) is -1.02. The van der Waals surface area contributed by atoms with Gasteiger partial charge in [0.15, 0.2) is 9.84 Å². The van der Waals surface area contributed by atoms with Gasteiger partial charge in [-0.05, 0) is 12.3 Å². The average Bonchev–Trinajstić information content (AvgIpc) is 2.42. The summed E-state index contributed by atoms with van der Waals surface area (Å²) in [7, 11) is -2.94. The normalized spacial score (nSPS) is 23.4. The van der Waals surface area contributed by atoms with E-state index in [1.54, 1.807) is 0 Å². The van der Waals surface area contributed by atoms with Gasteiger partial charge in [0.1, 0.15) is 0 Å². The number of rotatable bonds is 2. The minimum atomic E-state index is -2.94. The molecule has 0 spiro atoms. The molecule has 0 aromatic carbocycles. The molecule has 0 radical (unpaired) electrons. The third-order valence-electron chi connectivity index (χ3n) is 2.18. The average molecular weight is 234 g/mol. The Kier molecular flexibility index (Phi) is 3.67. The van der Waals surface area contributed by atoms with E-state index in [4.69, 9.17) is 0 Å². The van der Waals surface area contributed by atoms with Crippen LogP contribution in [0, 0.1) is 5.92 Å². The van der Waals surface area contributed by atoms with Gasteiger partial charge < -0.3 is 0 Å². The maximum atomic E-state index is 11.2. The Morgan fingerprint density at radius 2 is 2.00 bits per heavy atom. The van der Waals surface area contributed by atoms with Crippen molar-refractivity contribution in [2.24, 2.45) is 5.92 Å². The van der Waals surface area contributed by atoms with Crippen LogP contribution in [-0.4, -0.2) is 31.7 Å². The molecule has 15 heavy (non-hydrogen) atoms. The number of hydrogen-bond donors (Lipinski definition) is 2. The molecule has 1 heterocycles. The molecule has 1 atom stereocenters. The highest BCUT2D eigenvalue weighted by Crippen LogP contribution is 2.21. The van der Waals surface area contributed by atoms with Gasteiger partial charge in [0, 0.05) is 13.3 Å². The Morgan fingerprint density at radius 3 is 2.47 bits per heavy atom. The second-order valence-electron chi connectivity index (χ2n) is 3.70. The molecular formula is C8H14N2O4S. The van der Waals surface area contributed by atoms with E-state index in [1.807, 2.05) is 0 Å². The lowest BCUT2D eigenvalue weighted by molar-refractivity contribution is -0.128. The summed E-state index contributed by atoms with van der Waals surface area (Å²) in [5.41, 5.74) is 4.36. The zero-order valence-electron chi connectivity index (χ0n) is 8.45. The Labute approximate surface area is 88.3 Å². The molecule has 1 rings (SSSR count). The van der Waals surface area contributed by atoms with Crippen LogP contribution in [0.1, 0.15) is 19.8 Å². The third kappa shape index (κ3) is 4.28. The highest BCUT2D eigenvalue weighted by atomic mass is 32.2. The lowest BCUT2D eigenvalue weighted by Gasteiger charge is -2.08. The zero-order chi connectivity index (χ0) is 11.5. The molecule has 1 aliphatic heterocycles. The molecule has 0 unspecified atom stereocenters. The van der Waals surface area contributed by atoms with Crippen LogP contribution in [0.15, 0.2) is 0 Å². The predicted molar refractivity (Wildman–Crippen MR) is 53.3 cm³/mol. The molecule has 2 amide bonds. The van der Waals surface area contributed by atoms with Gasteiger partial charge in [0.05, 0.1) is 11.5 Å². The van der Waals surface area contributed by atoms with E-state index in [1.165, 1.54) is 6.92 Å². The van der Waals surface area contributed by atoms with Gasteiger partial charge >= 0.3 is 0 Å². The molecule has 2 N–H and O–H groups in total. The monoisotopic (exact) mass is 234 g/mol. The quantitative estimate of drug-likeness (QED) is 0.598. The van der Waals surface area contributed by atoms with Crippen LogP contribution in [0.2, 0.25) is 0 Å². The fourth-order valence-electron chi connectivity index (χ4n) is 1.50. The Morgan fingerprint density at radius 1 is 1.33 bits per heavy atom. The lowest BCUT2D eigenvalue weighted by atomic mass is 10.1. The molecule has 1 fully saturated rings. The van der Waals surface area contributed by atoms with Crippen molar-refractivity contribution in [1.82, 2.24) is 10.9 Å². The highest BCUT2D eigenvalue weighted by Gasteiger charge is 2.29. The molecule has 86 valence electrons. The van der Waals surface area contributed by atoms with Crippen molar-refractivity contribution in [3.8, 4) is 0 Å². The lowest BCUT2D eigenvalue weighted by Crippen LogP contribution is -2.41. The molecular weight excluding hydrogens is 220 g/mol. The summed E-state index contributed by atoms with van der Waals surface area (Å²) in [6.45, 7) is 1.28. The maximum absolute atomic E-state index is 11.2. The summed E-state index contributed by atoms with van der Waals surface area (Å²) in [4.78, 5) is 21.7. The summed E-state index contributed by atoms with van der Waals surface area (Å²) < 4.78 is 22.2. The van der Waals surface area contributed by atoms with Gasteiger partial charge in [-0.25, -0.2) is 8.42 Å². The Bertz CT molecular complexity index is 363. The number of carbonyl (C=O) groups excluding carboxylic acids is 2. The SMILES string of the molecule is CC(=O)NNC(=O)C[C@@H]1CCS(=O)(=O)C1. The second-order valence-corrected chi connectivity index (χ2v) is 5.93. The van der Waals surface area contributed by atoms with Gasteiger partial charge in [-0.3, -0.25) is 20.4 Å². The summed E-state index contributed by atoms with van der Waals surface area (Å²) in [6, 6.07) is 0. The van der Waals surface area contributed by atoms with E-state index < -0.39 is 9.84 Å². The standard InChI is InChI=1S/C8H14N2O4S/c1-6(11)9-10-8(12)4-7-2-3-15(13,14)5-7/h7H,2-5H2,1H3,(H,9,11)(H,10,12)/t7-/m0/s1. The van der Waals surface area contributed by atoms with E-state index in [-0.39, 0.29) is 35.7 Å². The minimum absolute atomic E-state index is 0.0699. The van der Waals surface area contributed by atoms with Crippen LogP contribution in [0.3, 0.4) is 0 Å². The topological polar surface area (TPSA) is 92.3 Å². The highest BCUT2D eigenvalue weighted by molar-refractivity contribution is 7.91. The van der Waals surface area contributed by atoms with Gasteiger partial charge in [0.25, 0.3) is 0 Å². The van der Waals surface area contributed by atoms with Crippen molar-refractivity contribution in [1.29, 1.82) is 0 Å². The molecule has 7 heteroatoms. The first-order chi connectivity index (χ1) is 6.89. The van der Waals surface area contributed by atoms with Crippen molar-refractivity contribution < 1.29 is 18.0 Å². The largest absolute Gasteiger partial charge is 0.274 e. The van der Waals surface area contributed by atoms with Crippen LogP contribution < -0.4 is 10.9 Å². The second kappa shape index (κ2) is 4.61. The summed E-state index contributed by atoms with van der Waals surface area (Å²) in [6.07, 6.45) is 0.662. The zero-order valence-corrected chi connectivity index (χ0v) is 9.26. The van der Waals surface area contributed by atoms with Gasteiger partial charge in [-0.2, -0.15) is 0 Å². The van der Waals surface area contributed by atoms with Crippen LogP contribution in [0.4, 0.5) is 0 Å². The van der Waals surface area contributed by atoms with Gasteiger partial charge in [0.2, 0.25) is 11.8 Å². The van der Waals surface area contributed by atoms with E-state index in [0.717, 1.165) is 0 Å². The van der Waals surface area contributed by atoms with Crippen molar-refractivity contribution >= 4 is 21.7 Å². The first-order valence-corrected chi connectivity index (χ1v) is 6.47. The first-order valence-electron chi connectivity index (χ1n) is 4.65. The van der Waals surface area contributed by atoms with Crippen molar-refractivity contribution in [2.45, 2.75) is 19.8 Å². The molecule has 1 saturated heterocycles. The molecule has 0 aromatic heterocycles. The van der Waals surface area contributed by atoms with Gasteiger partial charge in [-0.15, -0.1) is 0 Å². The minimum Gasteiger partial charge on any atom is -0.274 e. The van der Waals surface area contributed by atoms with E-state index in [2.05, 4.69) is 10.9 Å². The fraction of sp³-hybridized carbons (Fsp3) is 0.750. The van der Waals surface area contributed by atoms with Crippen LogP contribution in [-0.2, 0) is 19.4 Å². The summed E-state index contributed by atoms with van der Waals surface area (Å²) in [5.74, 6) is -0.607. The fourth-order valence-corrected chi connectivity index (χ4v) is 3.37. The molecule has 1 aliphatic rings. The molecule has 0 aliphatic carbocycles. The molecule has 0 bridgehead atoms.